The summed E-state index contributed by atoms with van der Waals surface area (Å²) >= 11 is 0. The number of rotatable bonds is 13. The molecule has 194 valence electrons. The molecule has 0 N–H and O–H groups in total. The Bertz CT molecular complexity index is 847. The lowest BCUT2D eigenvalue weighted by Gasteiger charge is -2.34. The summed E-state index contributed by atoms with van der Waals surface area (Å²) < 4.78 is 11.0. The van der Waals surface area contributed by atoms with Crippen molar-refractivity contribution in [2.45, 2.75) is 50.6 Å². The number of nitrogens with zero attached hydrogens (tertiary/aromatic N) is 2. The van der Waals surface area contributed by atoms with Crippen molar-refractivity contribution in [1.29, 1.82) is 0 Å². The van der Waals surface area contributed by atoms with Gasteiger partial charge < -0.3 is 9.47 Å². The van der Waals surface area contributed by atoms with Crippen LogP contribution in [0.4, 0.5) is 0 Å². The smallest absolute Gasteiger partial charge is 0.179 e. The van der Waals surface area contributed by atoms with Gasteiger partial charge in [-0.15, -0.1) is 0 Å². The molecule has 2 saturated heterocycles. The van der Waals surface area contributed by atoms with Crippen molar-refractivity contribution in [2.75, 3.05) is 52.6 Å². The molecule has 0 bridgehead atoms. The van der Waals surface area contributed by atoms with Crippen molar-refractivity contribution < 1.29 is 19.1 Å². The van der Waals surface area contributed by atoms with Crippen molar-refractivity contribution in [3.05, 3.63) is 71.8 Å². The third-order valence-electron chi connectivity index (χ3n) is 7.40. The molecule has 0 amide bonds. The first-order valence-electron chi connectivity index (χ1n) is 13.6. The summed E-state index contributed by atoms with van der Waals surface area (Å²) in [5.74, 6) is 0.441. The molecule has 0 spiro atoms. The molecule has 0 aromatic heterocycles. The van der Waals surface area contributed by atoms with Crippen LogP contribution in [0.25, 0.3) is 0 Å². The quantitative estimate of drug-likeness (QED) is 0.303. The molecule has 2 fully saturated rings. The molecule has 4 rings (SSSR count). The van der Waals surface area contributed by atoms with E-state index in [-0.39, 0.29) is 23.7 Å². The highest BCUT2D eigenvalue weighted by molar-refractivity contribution is 6.00. The van der Waals surface area contributed by atoms with Crippen LogP contribution in [-0.2, 0) is 9.47 Å². The molecular weight excluding hydrogens is 452 g/mol. The topological polar surface area (TPSA) is 59.1 Å². The second-order valence-corrected chi connectivity index (χ2v) is 9.78. The Morgan fingerprint density at radius 2 is 0.944 bits per heavy atom. The molecule has 6 nitrogen and oxygen atoms in total. The summed E-state index contributed by atoms with van der Waals surface area (Å²) in [5.41, 5.74) is 1.59. The van der Waals surface area contributed by atoms with E-state index in [1.165, 1.54) is 0 Å². The number of Topliss-reactive ketones (excluding diaryl/α,β-unsaturated/α-hetero) is 2. The predicted octanol–water partition coefficient (Wildman–Crippen LogP) is 4.49. The molecular formula is C30H40N2O4. The lowest BCUT2D eigenvalue weighted by atomic mass is 9.95. The Balaban J connectivity index is 1.28. The molecule has 2 aromatic rings. The summed E-state index contributed by atoms with van der Waals surface area (Å²) in [5, 5.41) is 0. The Hall–Kier alpha value is -2.38. The molecule has 2 heterocycles. The first-order chi connectivity index (χ1) is 17.7. The number of carbonyl (C=O) groups is 2. The number of ketones is 2. The summed E-state index contributed by atoms with van der Waals surface area (Å²) in [7, 11) is 0. The van der Waals surface area contributed by atoms with E-state index in [4.69, 9.17) is 9.47 Å². The lowest BCUT2D eigenvalue weighted by Crippen LogP contribution is -2.47. The summed E-state index contributed by atoms with van der Waals surface area (Å²) in [6.45, 7) is 6.01. The predicted molar refractivity (Wildman–Crippen MR) is 142 cm³/mol. The van der Waals surface area contributed by atoms with E-state index in [9.17, 15) is 9.59 Å². The highest BCUT2D eigenvalue weighted by atomic mass is 16.5. The second-order valence-electron chi connectivity index (χ2n) is 9.78. The van der Waals surface area contributed by atoms with Crippen LogP contribution >= 0.6 is 0 Å². The SMILES string of the molecule is O=C(c1ccccc1)C(CCCCCCC(C(=O)c1ccccc1)N1CCOCC1)N1CCOCC1. The largest absolute Gasteiger partial charge is 0.379 e. The fourth-order valence-corrected chi connectivity index (χ4v) is 5.36. The highest BCUT2D eigenvalue weighted by Gasteiger charge is 2.29. The summed E-state index contributed by atoms with van der Waals surface area (Å²) in [6, 6.07) is 19.2. The van der Waals surface area contributed by atoms with Gasteiger partial charge in [-0.3, -0.25) is 19.4 Å². The maximum absolute atomic E-state index is 13.3. The number of unbranched alkanes of at least 4 members (excludes halogenated alkanes) is 3. The third-order valence-corrected chi connectivity index (χ3v) is 7.40. The molecule has 6 heteroatoms. The second kappa shape index (κ2) is 14.4. The Morgan fingerprint density at radius 3 is 1.31 bits per heavy atom. The van der Waals surface area contributed by atoms with Gasteiger partial charge in [0.25, 0.3) is 0 Å². The van der Waals surface area contributed by atoms with Gasteiger partial charge in [-0.25, -0.2) is 0 Å². The minimum atomic E-state index is -0.0861. The number of carbonyl (C=O) groups excluding carboxylic acids is 2. The van der Waals surface area contributed by atoms with E-state index < -0.39 is 0 Å². The fraction of sp³-hybridized carbons (Fsp3) is 0.533. The maximum Gasteiger partial charge on any atom is 0.179 e. The summed E-state index contributed by atoms with van der Waals surface area (Å²) in [4.78, 5) is 31.2. The fourth-order valence-electron chi connectivity index (χ4n) is 5.36. The van der Waals surface area contributed by atoms with Crippen molar-refractivity contribution >= 4 is 11.6 Å². The first-order valence-corrected chi connectivity index (χ1v) is 13.6. The van der Waals surface area contributed by atoms with Crippen LogP contribution in [-0.4, -0.2) is 86.1 Å². The Kier molecular flexibility index (Phi) is 10.7. The van der Waals surface area contributed by atoms with Crippen LogP contribution in [0.2, 0.25) is 0 Å². The van der Waals surface area contributed by atoms with Gasteiger partial charge in [0, 0.05) is 37.3 Å². The van der Waals surface area contributed by atoms with Crippen LogP contribution in [0.1, 0.15) is 59.2 Å². The molecule has 0 aliphatic carbocycles. The Morgan fingerprint density at radius 1 is 0.583 bits per heavy atom. The minimum Gasteiger partial charge on any atom is -0.379 e. The van der Waals surface area contributed by atoms with Gasteiger partial charge in [-0.05, 0) is 12.8 Å². The van der Waals surface area contributed by atoms with E-state index in [1.54, 1.807) is 0 Å². The average Bonchev–Trinajstić information content (AvgIpc) is 2.96. The average molecular weight is 493 g/mol. The molecule has 36 heavy (non-hydrogen) atoms. The van der Waals surface area contributed by atoms with Gasteiger partial charge in [0.2, 0.25) is 0 Å². The van der Waals surface area contributed by atoms with Crippen molar-refractivity contribution in [3.8, 4) is 0 Å². The monoisotopic (exact) mass is 492 g/mol. The number of hydrogen-bond acceptors (Lipinski definition) is 6. The van der Waals surface area contributed by atoms with E-state index >= 15 is 0 Å². The molecule has 2 atom stereocenters. The number of ether oxygens (including phenoxy) is 2. The number of hydrogen-bond donors (Lipinski definition) is 0. The van der Waals surface area contributed by atoms with Gasteiger partial charge in [-0.1, -0.05) is 86.3 Å². The van der Waals surface area contributed by atoms with Crippen LogP contribution < -0.4 is 0 Å². The van der Waals surface area contributed by atoms with Crippen LogP contribution in [0, 0.1) is 0 Å². The van der Waals surface area contributed by atoms with Gasteiger partial charge in [0.15, 0.2) is 11.6 Å². The zero-order valence-electron chi connectivity index (χ0n) is 21.4. The number of morpholine rings is 2. The van der Waals surface area contributed by atoms with Crippen LogP contribution in [0.5, 0.6) is 0 Å². The van der Waals surface area contributed by atoms with E-state index in [0.29, 0.717) is 26.4 Å². The Labute approximate surface area is 215 Å². The van der Waals surface area contributed by atoms with Gasteiger partial charge >= 0.3 is 0 Å². The van der Waals surface area contributed by atoms with E-state index in [2.05, 4.69) is 9.80 Å². The van der Waals surface area contributed by atoms with Crippen LogP contribution in [0.15, 0.2) is 60.7 Å². The molecule has 2 aliphatic rings. The molecule has 0 saturated carbocycles. The normalized spacial score (nSPS) is 19.0. The molecule has 0 radical (unpaired) electrons. The first kappa shape index (κ1) is 26.7. The maximum atomic E-state index is 13.3. The third kappa shape index (κ3) is 7.56. The zero-order chi connectivity index (χ0) is 25.0. The molecule has 2 aliphatic heterocycles. The van der Waals surface area contributed by atoms with Crippen molar-refractivity contribution in [3.63, 3.8) is 0 Å². The zero-order valence-corrected chi connectivity index (χ0v) is 21.4. The summed E-state index contributed by atoms with van der Waals surface area (Å²) in [6.07, 6.45) is 5.88. The molecule has 2 unspecified atom stereocenters. The van der Waals surface area contributed by atoms with E-state index in [1.807, 2.05) is 60.7 Å². The van der Waals surface area contributed by atoms with Gasteiger partial charge in [0.1, 0.15) is 0 Å². The highest BCUT2D eigenvalue weighted by Crippen LogP contribution is 2.21. The number of benzene rings is 2. The lowest BCUT2D eigenvalue weighted by molar-refractivity contribution is 0.0147. The van der Waals surface area contributed by atoms with Crippen LogP contribution in [0.3, 0.4) is 0 Å². The van der Waals surface area contributed by atoms with Crippen molar-refractivity contribution in [2.24, 2.45) is 0 Å². The van der Waals surface area contributed by atoms with Crippen molar-refractivity contribution in [1.82, 2.24) is 9.80 Å². The molecule has 2 aromatic carbocycles. The standard InChI is InChI=1S/C30H40N2O4/c33-29(25-11-5-3-6-12-25)27(31-17-21-35-22-18-31)15-9-1-2-10-16-28(32-19-23-36-24-20-32)30(34)26-13-7-4-8-14-26/h3-8,11-14,27-28H,1-2,9-10,15-24H2. The minimum absolute atomic E-state index is 0.0861. The van der Waals surface area contributed by atoms with Gasteiger partial charge in [0.05, 0.1) is 38.5 Å². The van der Waals surface area contributed by atoms with E-state index in [0.717, 1.165) is 75.8 Å². The van der Waals surface area contributed by atoms with Gasteiger partial charge in [-0.2, -0.15) is 0 Å².